The summed E-state index contributed by atoms with van der Waals surface area (Å²) in [6, 6.07) is 16.4. The highest BCUT2D eigenvalue weighted by Crippen LogP contribution is 2.18. The van der Waals surface area contributed by atoms with E-state index in [0.29, 0.717) is 16.8 Å². The van der Waals surface area contributed by atoms with Crippen molar-refractivity contribution in [1.29, 1.82) is 0 Å². The third-order valence-electron chi connectivity index (χ3n) is 4.55. The second kappa shape index (κ2) is 7.94. The van der Waals surface area contributed by atoms with Gasteiger partial charge in [-0.15, -0.1) is 0 Å². The Balaban J connectivity index is 1.56. The molecule has 0 spiro atoms. The van der Waals surface area contributed by atoms with Gasteiger partial charge in [-0.05, 0) is 62.1 Å². The summed E-state index contributed by atoms with van der Waals surface area (Å²) in [6.45, 7) is 0. The molecule has 3 rings (SSSR count). The van der Waals surface area contributed by atoms with Crippen LogP contribution in [0.15, 0.2) is 54.6 Å². The average Bonchev–Trinajstić information content (AvgIpc) is 2.65. The van der Waals surface area contributed by atoms with Gasteiger partial charge in [0.1, 0.15) is 0 Å². The van der Waals surface area contributed by atoms with Crippen LogP contribution >= 0.6 is 0 Å². The van der Waals surface area contributed by atoms with E-state index in [4.69, 9.17) is 5.73 Å². The maximum atomic E-state index is 12.3. The number of nitrogens with one attached hydrogen (secondary N) is 2. The van der Waals surface area contributed by atoms with Crippen molar-refractivity contribution in [2.45, 2.75) is 37.8 Å². The van der Waals surface area contributed by atoms with Crippen LogP contribution in [0.4, 0.5) is 5.69 Å². The Morgan fingerprint density at radius 3 is 2.04 bits per heavy atom. The minimum Gasteiger partial charge on any atom is -0.349 e. The van der Waals surface area contributed by atoms with E-state index < -0.39 is 0 Å². The van der Waals surface area contributed by atoms with Gasteiger partial charge in [0.25, 0.3) is 11.8 Å². The van der Waals surface area contributed by atoms with E-state index in [1.54, 1.807) is 36.4 Å². The van der Waals surface area contributed by atoms with E-state index >= 15 is 0 Å². The average molecular weight is 337 g/mol. The molecule has 0 bridgehead atoms. The molecule has 0 atom stereocenters. The molecule has 130 valence electrons. The van der Waals surface area contributed by atoms with E-state index in [-0.39, 0.29) is 23.9 Å². The quantitative estimate of drug-likeness (QED) is 0.802. The SMILES string of the molecule is NC1CCC(NC(=O)c2ccc(NC(=O)c3ccccc3)cc2)CC1. The molecule has 0 radical (unpaired) electrons. The number of rotatable bonds is 4. The Labute approximate surface area is 147 Å². The Morgan fingerprint density at radius 1 is 0.800 bits per heavy atom. The number of carbonyl (C=O) groups excluding carboxylic acids is 2. The van der Waals surface area contributed by atoms with E-state index in [1.165, 1.54) is 0 Å². The molecule has 1 aliphatic rings. The molecule has 1 saturated carbocycles. The molecule has 5 heteroatoms. The topological polar surface area (TPSA) is 84.2 Å². The lowest BCUT2D eigenvalue weighted by Crippen LogP contribution is -2.40. The van der Waals surface area contributed by atoms with Gasteiger partial charge >= 0.3 is 0 Å². The second-order valence-electron chi connectivity index (χ2n) is 6.48. The van der Waals surface area contributed by atoms with Crippen molar-refractivity contribution in [3.8, 4) is 0 Å². The summed E-state index contributed by atoms with van der Waals surface area (Å²) < 4.78 is 0. The molecule has 5 nitrogen and oxygen atoms in total. The maximum absolute atomic E-state index is 12.3. The van der Waals surface area contributed by atoms with Crippen molar-refractivity contribution in [1.82, 2.24) is 5.32 Å². The van der Waals surface area contributed by atoms with E-state index in [2.05, 4.69) is 10.6 Å². The third-order valence-corrected chi connectivity index (χ3v) is 4.55. The van der Waals surface area contributed by atoms with Gasteiger partial charge in [0.2, 0.25) is 0 Å². The van der Waals surface area contributed by atoms with Gasteiger partial charge in [0.05, 0.1) is 0 Å². The predicted octanol–water partition coefficient (Wildman–Crippen LogP) is 2.94. The van der Waals surface area contributed by atoms with Crippen LogP contribution in [0.2, 0.25) is 0 Å². The first-order chi connectivity index (χ1) is 12.1. The van der Waals surface area contributed by atoms with E-state index in [9.17, 15) is 9.59 Å². The highest BCUT2D eigenvalue weighted by Gasteiger charge is 2.20. The van der Waals surface area contributed by atoms with Crippen LogP contribution in [-0.2, 0) is 0 Å². The number of hydrogen-bond donors (Lipinski definition) is 3. The fourth-order valence-electron chi connectivity index (χ4n) is 3.03. The van der Waals surface area contributed by atoms with E-state index in [0.717, 1.165) is 25.7 Å². The summed E-state index contributed by atoms with van der Waals surface area (Å²) in [6.07, 6.45) is 3.76. The number of benzene rings is 2. The standard InChI is InChI=1S/C20H23N3O2/c21-16-8-12-18(13-9-16)23-20(25)15-6-10-17(11-7-15)22-19(24)14-4-2-1-3-5-14/h1-7,10-11,16,18H,8-9,12-13,21H2,(H,22,24)(H,23,25). The fourth-order valence-corrected chi connectivity index (χ4v) is 3.03. The second-order valence-corrected chi connectivity index (χ2v) is 6.48. The van der Waals surface area contributed by atoms with Crippen LogP contribution in [-0.4, -0.2) is 23.9 Å². The zero-order valence-corrected chi connectivity index (χ0v) is 14.1. The molecule has 0 heterocycles. The van der Waals surface area contributed by atoms with Crippen LogP contribution in [0.5, 0.6) is 0 Å². The van der Waals surface area contributed by atoms with Crippen molar-refractivity contribution >= 4 is 17.5 Å². The summed E-state index contributed by atoms with van der Waals surface area (Å²) >= 11 is 0. The molecule has 4 N–H and O–H groups in total. The first-order valence-electron chi connectivity index (χ1n) is 8.65. The van der Waals surface area contributed by atoms with E-state index in [1.807, 2.05) is 18.2 Å². The number of hydrogen-bond acceptors (Lipinski definition) is 3. The van der Waals surface area contributed by atoms with Crippen molar-refractivity contribution in [3.63, 3.8) is 0 Å². The Bertz CT molecular complexity index is 720. The molecule has 2 amide bonds. The Morgan fingerprint density at radius 2 is 1.40 bits per heavy atom. The van der Waals surface area contributed by atoms with Crippen LogP contribution in [0, 0.1) is 0 Å². The highest BCUT2D eigenvalue weighted by molar-refractivity contribution is 6.04. The minimum atomic E-state index is -0.170. The summed E-state index contributed by atoms with van der Waals surface area (Å²) in [4.78, 5) is 24.4. The molecular formula is C20H23N3O2. The largest absolute Gasteiger partial charge is 0.349 e. The number of amides is 2. The monoisotopic (exact) mass is 337 g/mol. The van der Waals surface area contributed by atoms with Crippen LogP contribution in [0.3, 0.4) is 0 Å². The zero-order valence-electron chi connectivity index (χ0n) is 14.1. The first kappa shape index (κ1) is 17.2. The molecule has 25 heavy (non-hydrogen) atoms. The van der Waals surface area contributed by atoms with Crippen LogP contribution < -0.4 is 16.4 Å². The van der Waals surface area contributed by atoms with Gasteiger partial charge in [0.15, 0.2) is 0 Å². The fraction of sp³-hybridized carbons (Fsp3) is 0.300. The summed E-state index contributed by atoms with van der Waals surface area (Å²) in [5.41, 5.74) is 7.74. The zero-order chi connectivity index (χ0) is 17.6. The molecule has 0 aromatic heterocycles. The summed E-state index contributed by atoms with van der Waals surface area (Å²) in [5.74, 6) is -0.252. The molecule has 1 aliphatic carbocycles. The van der Waals surface area contributed by atoms with Crippen molar-refractivity contribution in [3.05, 3.63) is 65.7 Å². The van der Waals surface area contributed by atoms with Crippen LogP contribution in [0.1, 0.15) is 46.4 Å². The van der Waals surface area contributed by atoms with Crippen molar-refractivity contribution in [2.75, 3.05) is 5.32 Å². The van der Waals surface area contributed by atoms with Gasteiger partial charge in [0, 0.05) is 28.9 Å². The number of carbonyl (C=O) groups is 2. The Kier molecular flexibility index (Phi) is 5.46. The normalized spacial score (nSPS) is 19.9. The van der Waals surface area contributed by atoms with Gasteiger partial charge in [-0.3, -0.25) is 9.59 Å². The summed E-state index contributed by atoms with van der Waals surface area (Å²) in [5, 5.41) is 5.89. The number of anilines is 1. The van der Waals surface area contributed by atoms with Gasteiger partial charge in [-0.2, -0.15) is 0 Å². The van der Waals surface area contributed by atoms with Gasteiger partial charge < -0.3 is 16.4 Å². The summed E-state index contributed by atoms with van der Waals surface area (Å²) in [7, 11) is 0. The molecule has 0 saturated heterocycles. The molecule has 2 aromatic rings. The van der Waals surface area contributed by atoms with Gasteiger partial charge in [-0.25, -0.2) is 0 Å². The molecular weight excluding hydrogens is 314 g/mol. The van der Waals surface area contributed by atoms with Crippen LogP contribution in [0.25, 0.3) is 0 Å². The molecule has 0 unspecified atom stereocenters. The molecule has 0 aliphatic heterocycles. The van der Waals surface area contributed by atoms with Crippen molar-refractivity contribution in [2.24, 2.45) is 5.73 Å². The lowest BCUT2D eigenvalue weighted by atomic mass is 9.91. The maximum Gasteiger partial charge on any atom is 0.255 e. The van der Waals surface area contributed by atoms with Crippen molar-refractivity contribution < 1.29 is 9.59 Å². The lowest BCUT2D eigenvalue weighted by Gasteiger charge is -2.26. The number of nitrogens with two attached hydrogens (primary N) is 1. The highest BCUT2D eigenvalue weighted by atomic mass is 16.2. The first-order valence-corrected chi connectivity index (χ1v) is 8.65. The predicted molar refractivity (Wildman–Crippen MR) is 98.5 cm³/mol. The Hall–Kier alpha value is -2.66. The molecule has 2 aromatic carbocycles. The minimum absolute atomic E-state index is 0.0820. The smallest absolute Gasteiger partial charge is 0.255 e. The lowest BCUT2D eigenvalue weighted by molar-refractivity contribution is 0.0925. The van der Waals surface area contributed by atoms with Gasteiger partial charge in [-0.1, -0.05) is 18.2 Å². The molecule has 1 fully saturated rings. The third kappa shape index (κ3) is 4.67.